The van der Waals surface area contributed by atoms with Crippen LogP contribution in [0.15, 0.2) is 29.2 Å². The molecule has 2 saturated carbocycles. The second-order valence-corrected chi connectivity index (χ2v) is 8.80. The van der Waals surface area contributed by atoms with Crippen LogP contribution in [0.25, 0.3) is 0 Å². The Bertz CT molecular complexity index is 666. The highest BCUT2D eigenvalue weighted by Crippen LogP contribution is 2.45. The first-order valence-electron chi connectivity index (χ1n) is 8.54. The molecular formula is C18H25NO3S. The Kier molecular flexibility index (Phi) is 4.61. The van der Waals surface area contributed by atoms with Crippen molar-refractivity contribution in [3.63, 3.8) is 0 Å². The molecular weight excluding hydrogens is 310 g/mol. The van der Waals surface area contributed by atoms with Gasteiger partial charge in [0.2, 0.25) is 10.0 Å². The average Bonchev–Trinajstić information content (AvgIpc) is 2.55. The molecule has 5 heteroatoms. The van der Waals surface area contributed by atoms with Crippen molar-refractivity contribution in [3.8, 4) is 0 Å². The second kappa shape index (κ2) is 6.36. The third-order valence-electron chi connectivity index (χ3n) is 5.60. The molecule has 0 radical (unpaired) electrons. The van der Waals surface area contributed by atoms with Gasteiger partial charge in [0.05, 0.1) is 10.4 Å². The first kappa shape index (κ1) is 16.7. The minimum Gasteiger partial charge on any atom is -0.301 e. The SMILES string of the molecule is Cc1ccc(S(=O)(=O)N[C@]2(C=O)CCC[C@@H]3CCCC[C@@H]32)cc1. The second-order valence-electron chi connectivity index (χ2n) is 7.12. The van der Waals surface area contributed by atoms with E-state index >= 15 is 0 Å². The summed E-state index contributed by atoms with van der Waals surface area (Å²) < 4.78 is 28.4. The Morgan fingerprint density at radius 2 is 1.74 bits per heavy atom. The average molecular weight is 335 g/mol. The predicted molar refractivity (Wildman–Crippen MR) is 89.6 cm³/mol. The van der Waals surface area contributed by atoms with E-state index in [9.17, 15) is 13.2 Å². The lowest BCUT2D eigenvalue weighted by Gasteiger charge is -2.47. The molecule has 4 nitrogen and oxygen atoms in total. The van der Waals surface area contributed by atoms with Crippen LogP contribution in [0, 0.1) is 18.8 Å². The van der Waals surface area contributed by atoms with E-state index in [-0.39, 0.29) is 10.8 Å². The first-order chi connectivity index (χ1) is 11.0. The maximum Gasteiger partial charge on any atom is 0.241 e. The number of fused-ring (bicyclic) bond motifs is 1. The van der Waals surface area contributed by atoms with Crippen LogP contribution >= 0.6 is 0 Å². The molecule has 2 aliphatic carbocycles. The van der Waals surface area contributed by atoms with E-state index in [1.807, 2.05) is 6.92 Å². The van der Waals surface area contributed by atoms with Crippen molar-refractivity contribution in [2.75, 3.05) is 0 Å². The van der Waals surface area contributed by atoms with E-state index in [0.717, 1.165) is 44.0 Å². The fourth-order valence-corrected chi connectivity index (χ4v) is 5.81. The quantitative estimate of drug-likeness (QED) is 0.860. The Labute approximate surface area is 138 Å². The monoisotopic (exact) mass is 335 g/mol. The number of benzene rings is 1. The highest BCUT2D eigenvalue weighted by molar-refractivity contribution is 7.89. The van der Waals surface area contributed by atoms with Crippen LogP contribution in [0.5, 0.6) is 0 Å². The summed E-state index contributed by atoms with van der Waals surface area (Å²) >= 11 is 0. The van der Waals surface area contributed by atoms with Gasteiger partial charge in [0.25, 0.3) is 0 Å². The number of aryl methyl sites for hydroxylation is 1. The van der Waals surface area contributed by atoms with Gasteiger partial charge in [0.1, 0.15) is 6.29 Å². The summed E-state index contributed by atoms with van der Waals surface area (Å²) in [5.41, 5.74) is 0.0895. The van der Waals surface area contributed by atoms with Gasteiger partial charge < -0.3 is 4.79 Å². The lowest BCUT2D eigenvalue weighted by Crippen LogP contribution is -2.59. The zero-order valence-corrected chi connectivity index (χ0v) is 14.4. The van der Waals surface area contributed by atoms with Crippen LogP contribution in [0.4, 0.5) is 0 Å². The summed E-state index contributed by atoms with van der Waals surface area (Å²) in [6.07, 6.45) is 7.86. The zero-order valence-electron chi connectivity index (χ0n) is 13.6. The Morgan fingerprint density at radius 3 is 2.43 bits per heavy atom. The topological polar surface area (TPSA) is 63.2 Å². The fraction of sp³-hybridized carbons (Fsp3) is 0.611. The van der Waals surface area contributed by atoms with Gasteiger partial charge in [-0.2, -0.15) is 4.72 Å². The molecule has 126 valence electrons. The first-order valence-corrected chi connectivity index (χ1v) is 10.0. The summed E-state index contributed by atoms with van der Waals surface area (Å²) in [6.45, 7) is 1.92. The summed E-state index contributed by atoms with van der Waals surface area (Å²) in [4.78, 5) is 12.2. The normalized spacial score (nSPS) is 31.3. The number of hydrogen-bond acceptors (Lipinski definition) is 3. The number of aldehydes is 1. The van der Waals surface area contributed by atoms with Gasteiger partial charge in [-0.15, -0.1) is 0 Å². The standard InChI is InChI=1S/C18H25NO3S/c1-14-8-10-16(11-9-14)23(21,22)19-18(13-20)12-4-6-15-5-2-3-7-17(15)18/h8-11,13,15,17,19H,2-7,12H2,1H3/t15-,17-,18-/m0/s1. The highest BCUT2D eigenvalue weighted by atomic mass is 32.2. The molecule has 1 aromatic carbocycles. The van der Waals surface area contributed by atoms with Gasteiger partial charge >= 0.3 is 0 Å². The summed E-state index contributed by atoms with van der Waals surface area (Å²) in [5, 5.41) is 0. The number of carbonyl (C=O) groups is 1. The minimum absolute atomic E-state index is 0.141. The largest absolute Gasteiger partial charge is 0.301 e. The summed E-state index contributed by atoms with van der Waals surface area (Å²) in [6, 6.07) is 6.79. The van der Waals surface area contributed by atoms with Gasteiger partial charge in [0, 0.05) is 0 Å². The third-order valence-corrected chi connectivity index (χ3v) is 7.14. The molecule has 0 spiro atoms. The summed E-state index contributed by atoms with van der Waals surface area (Å²) in [5.74, 6) is 0.617. The van der Waals surface area contributed by atoms with Crippen LogP contribution in [0.1, 0.15) is 50.5 Å². The highest BCUT2D eigenvalue weighted by Gasteiger charge is 2.48. The van der Waals surface area contributed by atoms with Crippen LogP contribution in [0.3, 0.4) is 0 Å². The van der Waals surface area contributed by atoms with Crippen molar-refractivity contribution in [3.05, 3.63) is 29.8 Å². The van der Waals surface area contributed by atoms with Crippen molar-refractivity contribution in [1.82, 2.24) is 4.72 Å². The molecule has 0 saturated heterocycles. The Balaban J connectivity index is 1.91. The number of nitrogens with one attached hydrogen (secondary N) is 1. The molecule has 1 N–H and O–H groups in total. The van der Waals surface area contributed by atoms with E-state index in [0.29, 0.717) is 12.3 Å². The Morgan fingerprint density at radius 1 is 1.09 bits per heavy atom. The molecule has 0 aromatic heterocycles. The van der Waals surface area contributed by atoms with Crippen LogP contribution in [0.2, 0.25) is 0 Å². The van der Waals surface area contributed by atoms with Crippen molar-refractivity contribution in [2.24, 2.45) is 11.8 Å². The van der Waals surface area contributed by atoms with E-state index in [1.54, 1.807) is 24.3 Å². The van der Waals surface area contributed by atoms with Gasteiger partial charge in [-0.3, -0.25) is 0 Å². The number of sulfonamides is 1. The molecule has 1 aromatic rings. The van der Waals surface area contributed by atoms with Crippen molar-refractivity contribution >= 4 is 16.3 Å². The fourth-order valence-electron chi connectivity index (χ4n) is 4.40. The van der Waals surface area contributed by atoms with E-state index < -0.39 is 15.6 Å². The van der Waals surface area contributed by atoms with Crippen LogP contribution in [-0.4, -0.2) is 20.2 Å². The van der Waals surface area contributed by atoms with Crippen molar-refractivity contribution < 1.29 is 13.2 Å². The third kappa shape index (κ3) is 3.22. The van der Waals surface area contributed by atoms with Crippen LogP contribution < -0.4 is 4.72 Å². The van der Waals surface area contributed by atoms with Gasteiger partial charge in [0.15, 0.2) is 0 Å². The van der Waals surface area contributed by atoms with E-state index in [1.165, 1.54) is 6.42 Å². The van der Waals surface area contributed by atoms with Crippen molar-refractivity contribution in [1.29, 1.82) is 0 Å². The maximum atomic E-state index is 12.8. The summed E-state index contributed by atoms with van der Waals surface area (Å²) in [7, 11) is -3.68. The lowest BCUT2D eigenvalue weighted by molar-refractivity contribution is -0.118. The smallest absolute Gasteiger partial charge is 0.241 e. The Hall–Kier alpha value is -1.20. The molecule has 0 bridgehead atoms. The van der Waals surface area contributed by atoms with Crippen molar-refractivity contribution in [2.45, 2.75) is 62.3 Å². The lowest BCUT2D eigenvalue weighted by atomic mass is 9.62. The molecule has 2 aliphatic rings. The molecule has 3 rings (SSSR count). The maximum absolute atomic E-state index is 12.8. The number of carbonyl (C=O) groups excluding carboxylic acids is 1. The molecule has 3 atom stereocenters. The molecule has 23 heavy (non-hydrogen) atoms. The van der Waals surface area contributed by atoms with Gasteiger partial charge in [-0.25, -0.2) is 8.42 Å². The minimum atomic E-state index is -3.68. The molecule has 0 aliphatic heterocycles. The van der Waals surface area contributed by atoms with Gasteiger partial charge in [-0.05, 0) is 43.7 Å². The molecule has 0 unspecified atom stereocenters. The molecule has 2 fully saturated rings. The van der Waals surface area contributed by atoms with Crippen LogP contribution in [-0.2, 0) is 14.8 Å². The number of hydrogen-bond donors (Lipinski definition) is 1. The predicted octanol–water partition coefficient (Wildman–Crippen LogP) is 3.20. The van der Waals surface area contributed by atoms with E-state index in [4.69, 9.17) is 0 Å². The molecule has 0 heterocycles. The van der Waals surface area contributed by atoms with E-state index in [2.05, 4.69) is 4.72 Å². The number of rotatable bonds is 4. The zero-order chi connectivity index (χ0) is 16.5. The molecule has 0 amide bonds. The van der Waals surface area contributed by atoms with Gasteiger partial charge in [-0.1, -0.05) is 49.8 Å².